The van der Waals surface area contributed by atoms with Gasteiger partial charge in [-0.1, -0.05) is 27.2 Å². The number of hydrogen-bond acceptors (Lipinski definition) is 0. The van der Waals surface area contributed by atoms with E-state index >= 15 is 0 Å². The van der Waals surface area contributed by atoms with Crippen LogP contribution >= 0.6 is 0 Å². The van der Waals surface area contributed by atoms with Crippen LogP contribution in [-0.2, 0) is 0 Å². The molecule has 1 saturated heterocycles. The SMILES string of the molecule is CCC1CCC(CC)[N]C(CC)CC1. The van der Waals surface area contributed by atoms with Crippen molar-refractivity contribution in [2.45, 2.75) is 77.8 Å². The normalized spacial score (nSPS) is 34.9. The lowest BCUT2D eigenvalue weighted by Gasteiger charge is -2.28. The standard InChI is InChI=1S/C13H26N/c1-4-11-7-9-12(5-2)14-13(6-3)10-8-11/h11-13H,4-10H2,1-3H3. The van der Waals surface area contributed by atoms with Gasteiger partial charge in [-0.2, -0.15) is 0 Å². The zero-order valence-corrected chi connectivity index (χ0v) is 10.1. The first-order chi connectivity index (χ1) is 6.80. The Morgan fingerprint density at radius 2 is 1.29 bits per heavy atom. The summed E-state index contributed by atoms with van der Waals surface area (Å²) in [5.74, 6) is 0.980. The number of rotatable bonds is 3. The highest BCUT2D eigenvalue weighted by Gasteiger charge is 2.20. The van der Waals surface area contributed by atoms with Crippen LogP contribution in [0.5, 0.6) is 0 Å². The molecule has 0 aromatic heterocycles. The molecule has 0 aromatic carbocycles. The van der Waals surface area contributed by atoms with Gasteiger partial charge >= 0.3 is 0 Å². The topological polar surface area (TPSA) is 14.1 Å². The van der Waals surface area contributed by atoms with Gasteiger partial charge in [-0.05, 0) is 44.4 Å². The van der Waals surface area contributed by atoms with Crippen LogP contribution in [0.2, 0.25) is 0 Å². The number of nitrogens with zero attached hydrogens (tertiary/aromatic N) is 1. The average molecular weight is 196 g/mol. The Kier molecular flexibility index (Phi) is 5.54. The zero-order valence-electron chi connectivity index (χ0n) is 10.1. The first-order valence-corrected chi connectivity index (χ1v) is 6.50. The second kappa shape index (κ2) is 6.44. The third kappa shape index (κ3) is 3.61. The molecule has 0 bridgehead atoms. The van der Waals surface area contributed by atoms with Crippen LogP contribution in [0.1, 0.15) is 65.7 Å². The Bertz CT molecular complexity index is 130. The lowest BCUT2D eigenvalue weighted by atomic mass is 9.87. The van der Waals surface area contributed by atoms with Gasteiger partial charge in [-0.25, -0.2) is 5.32 Å². The molecule has 1 nitrogen and oxygen atoms in total. The van der Waals surface area contributed by atoms with Crippen LogP contribution in [0.15, 0.2) is 0 Å². The van der Waals surface area contributed by atoms with E-state index in [2.05, 4.69) is 20.8 Å². The molecule has 0 N–H and O–H groups in total. The summed E-state index contributed by atoms with van der Waals surface area (Å²) in [6.07, 6.45) is 9.35. The van der Waals surface area contributed by atoms with Gasteiger partial charge in [0, 0.05) is 12.1 Å². The van der Waals surface area contributed by atoms with E-state index in [1.807, 2.05) is 0 Å². The molecule has 0 spiro atoms. The predicted molar refractivity (Wildman–Crippen MR) is 62.5 cm³/mol. The fourth-order valence-corrected chi connectivity index (χ4v) is 2.48. The van der Waals surface area contributed by atoms with Crippen molar-refractivity contribution in [3.05, 3.63) is 0 Å². The van der Waals surface area contributed by atoms with Gasteiger partial charge in [0.2, 0.25) is 0 Å². The minimum absolute atomic E-state index is 0.661. The summed E-state index contributed by atoms with van der Waals surface area (Å²) in [5, 5.41) is 4.94. The fraction of sp³-hybridized carbons (Fsp3) is 1.00. The Morgan fingerprint density at radius 1 is 0.786 bits per heavy atom. The summed E-state index contributed by atoms with van der Waals surface area (Å²) in [7, 11) is 0. The molecule has 0 aliphatic carbocycles. The van der Waals surface area contributed by atoms with Crippen LogP contribution in [0.3, 0.4) is 0 Å². The van der Waals surface area contributed by atoms with Crippen molar-refractivity contribution < 1.29 is 0 Å². The summed E-state index contributed by atoms with van der Waals surface area (Å²) in [6.45, 7) is 6.90. The van der Waals surface area contributed by atoms with Gasteiger partial charge in [0.1, 0.15) is 0 Å². The van der Waals surface area contributed by atoms with E-state index in [9.17, 15) is 0 Å². The maximum atomic E-state index is 4.94. The van der Waals surface area contributed by atoms with Gasteiger partial charge in [-0.3, -0.25) is 0 Å². The molecule has 0 aromatic rings. The van der Waals surface area contributed by atoms with Gasteiger partial charge in [0.15, 0.2) is 0 Å². The number of hydrogen-bond donors (Lipinski definition) is 0. The van der Waals surface area contributed by atoms with Crippen molar-refractivity contribution >= 4 is 0 Å². The van der Waals surface area contributed by atoms with Crippen molar-refractivity contribution in [1.29, 1.82) is 0 Å². The van der Waals surface area contributed by atoms with E-state index in [1.54, 1.807) is 0 Å². The molecule has 1 rings (SSSR count). The maximum absolute atomic E-state index is 4.94. The smallest absolute Gasteiger partial charge is 0.0246 e. The van der Waals surface area contributed by atoms with Crippen LogP contribution in [0.4, 0.5) is 0 Å². The molecular formula is C13H26N. The van der Waals surface area contributed by atoms with Crippen LogP contribution in [-0.4, -0.2) is 12.1 Å². The summed E-state index contributed by atoms with van der Waals surface area (Å²) in [5.41, 5.74) is 0. The van der Waals surface area contributed by atoms with Gasteiger partial charge in [0.25, 0.3) is 0 Å². The molecule has 2 unspecified atom stereocenters. The summed E-state index contributed by atoms with van der Waals surface area (Å²) < 4.78 is 0. The second-order valence-corrected chi connectivity index (χ2v) is 4.70. The molecule has 0 saturated carbocycles. The Morgan fingerprint density at radius 3 is 1.64 bits per heavy atom. The van der Waals surface area contributed by atoms with E-state index in [-0.39, 0.29) is 0 Å². The molecule has 83 valence electrons. The highest BCUT2D eigenvalue weighted by molar-refractivity contribution is 4.77. The second-order valence-electron chi connectivity index (χ2n) is 4.70. The molecule has 1 heteroatoms. The van der Waals surface area contributed by atoms with E-state index in [4.69, 9.17) is 5.32 Å². The Balaban J connectivity index is 2.45. The van der Waals surface area contributed by atoms with Gasteiger partial charge < -0.3 is 0 Å². The molecule has 1 radical (unpaired) electrons. The lowest BCUT2D eigenvalue weighted by molar-refractivity contribution is 0.273. The molecular weight excluding hydrogens is 170 g/mol. The maximum Gasteiger partial charge on any atom is 0.0246 e. The van der Waals surface area contributed by atoms with Crippen molar-refractivity contribution in [3.63, 3.8) is 0 Å². The van der Waals surface area contributed by atoms with Crippen molar-refractivity contribution in [1.82, 2.24) is 5.32 Å². The predicted octanol–water partition coefficient (Wildman–Crippen LogP) is 3.75. The third-order valence-electron chi connectivity index (χ3n) is 3.76. The fourth-order valence-electron chi connectivity index (χ4n) is 2.48. The summed E-state index contributed by atoms with van der Waals surface area (Å²) in [4.78, 5) is 0. The molecule has 1 fully saturated rings. The van der Waals surface area contributed by atoms with Crippen LogP contribution in [0, 0.1) is 5.92 Å². The molecule has 14 heavy (non-hydrogen) atoms. The Labute approximate surface area is 89.7 Å². The first kappa shape index (κ1) is 12.0. The molecule has 1 aliphatic rings. The summed E-state index contributed by atoms with van der Waals surface area (Å²) in [6, 6.07) is 1.32. The van der Waals surface area contributed by atoms with Crippen LogP contribution in [0.25, 0.3) is 0 Å². The van der Waals surface area contributed by atoms with E-state index < -0.39 is 0 Å². The van der Waals surface area contributed by atoms with Crippen molar-refractivity contribution in [2.75, 3.05) is 0 Å². The van der Waals surface area contributed by atoms with Crippen molar-refractivity contribution in [3.8, 4) is 0 Å². The van der Waals surface area contributed by atoms with E-state index in [0.29, 0.717) is 12.1 Å². The molecule has 0 amide bonds. The minimum atomic E-state index is 0.661. The quantitative estimate of drug-likeness (QED) is 0.653. The molecule has 2 atom stereocenters. The Hall–Kier alpha value is -0.0400. The minimum Gasteiger partial charge on any atom is -0.235 e. The van der Waals surface area contributed by atoms with Crippen LogP contribution < -0.4 is 5.32 Å². The van der Waals surface area contributed by atoms with E-state index in [0.717, 1.165) is 5.92 Å². The van der Waals surface area contributed by atoms with Gasteiger partial charge in [0.05, 0.1) is 0 Å². The summed E-state index contributed by atoms with van der Waals surface area (Å²) >= 11 is 0. The first-order valence-electron chi connectivity index (χ1n) is 6.50. The third-order valence-corrected chi connectivity index (χ3v) is 3.76. The largest absolute Gasteiger partial charge is 0.235 e. The lowest BCUT2D eigenvalue weighted by Crippen LogP contribution is -2.33. The molecule has 1 heterocycles. The van der Waals surface area contributed by atoms with E-state index in [1.165, 1.54) is 44.9 Å². The van der Waals surface area contributed by atoms with Gasteiger partial charge in [-0.15, -0.1) is 0 Å². The average Bonchev–Trinajstić information content (AvgIpc) is 2.19. The zero-order chi connectivity index (χ0) is 10.4. The monoisotopic (exact) mass is 196 g/mol. The molecule has 1 aliphatic heterocycles. The highest BCUT2D eigenvalue weighted by Crippen LogP contribution is 2.24. The van der Waals surface area contributed by atoms with Crippen molar-refractivity contribution in [2.24, 2.45) is 5.92 Å². The highest BCUT2D eigenvalue weighted by atomic mass is 14.9.